The lowest BCUT2D eigenvalue weighted by molar-refractivity contribution is 0.0992. The van der Waals surface area contributed by atoms with Crippen molar-refractivity contribution < 1.29 is 9.59 Å². The van der Waals surface area contributed by atoms with Gasteiger partial charge in [0.15, 0.2) is 0 Å². The summed E-state index contributed by atoms with van der Waals surface area (Å²) in [4.78, 5) is 22.7. The summed E-state index contributed by atoms with van der Waals surface area (Å²) < 4.78 is 0. The molecule has 2 amide bonds. The molecular weight excluding hydrogens is 292 g/mol. The Morgan fingerprint density at radius 2 is 1.76 bits per heavy atom. The number of amides is 2. The van der Waals surface area contributed by atoms with Crippen molar-refractivity contribution in [1.29, 1.82) is 0 Å². The van der Waals surface area contributed by atoms with E-state index in [1.165, 1.54) is 12.1 Å². The Morgan fingerprint density at radius 3 is 2.38 bits per heavy atom. The van der Waals surface area contributed by atoms with E-state index in [1.54, 1.807) is 24.3 Å². The molecule has 0 aliphatic heterocycles. The maximum absolute atomic E-state index is 11.5. The summed E-state index contributed by atoms with van der Waals surface area (Å²) in [7, 11) is 0. The van der Waals surface area contributed by atoms with Gasteiger partial charge in [-0.15, -0.1) is 0 Å². The monoisotopic (exact) mass is 304 g/mol. The van der Waals surface area contributed by atoms with Gasteiger partial charge in [-0.25, -0.2) is 0 Å². The summed E-state index contributed by atoms with van der Waals surface area (Å²) >= 11 is 6.09. The lowest BCUT2D eigenvalue weighted by atomic mass is 10.1. The number of nitrogens with two attached hydrogens (primary N) is 3. The van der Waals surface area contributed by atoms with Crippen LogP contribution in [0.1, 0.15) is 20.7 Å². The van der Waals surface area contributed by atoms with E-state index in [2.05, 4.69) is 5.32 Å². The summed E-state index contributed by atoms with van der Waals surface area (Å²) in [6.07, 6.45) is 0. The van der Waals surface area contributed by atoms with Crippen molar-refractivity contribution in [1.82, 2.24) is 0 Å². The molecule has 108 valence electrons. The van der Waals surface area contributed by atoms with Crippen LogP contribution in [0.3, 0.4) is 0 Å². The number of carbonyl (C=O) groups is 2. The molecule has 0 bridgehead atoms. The zero-order valence-electron chi connectivity index (χ0n) is 10.9. The molecule has 2 rings (SSSR count). The van der Waals surface area contributed by atoms with Gasteiger partial charge in [0.2, 0.25) is 5.91 Å². The molecule has 0 aliphatic carbocycles. The molecule has 2 aromatic rings. The highest BCUT2D eigenvalue weighted by molar-refractivity contribution is 6.34. The minimum Gasteiger partial charge on any atom is -0.399 e. The summed E-state index contributed by atoms with van der Waals surface area (Å²) in [5.41, 5.74) is 17.8. The Balaban J connectivity index is 2.46. The van der Waals surface area contributed by atoms with Crippen LogP contribution in [-0.4, -0.2) is 11.8 Å². The maximum Gasteiger partial charge on any atom is 0.250 e. The molecule has 6 nitrogen and oxygen atoms in total. The molecule has 7 heteroatoms. The minimum atomic E-state index is -0.669. The molecule has 0 spiro atoms. The van der Waals surface area contributed by atoms with E-state index >= 15 is 0 Å². The normalized spacial score (nSPS) is 10.1. The van der Waals surface area contributed by atoms with Crippen molar-refractivity contribution in [3.05, 3.63) is 52.5 Å². The van der Waals surface area contributed by atoms with Gasteiger partial charge in [-0.3, -0.25) is 9.59 Å². The third kappa shape index (κ3) is 3.24. The summed E-state index contributed by atoms with van der Waals surface area (Å²) in [5, 5.41) is 3.19. The van der Waals surface area contributed by atoms with Crippen molar-refractivity contribution >= 4 is 40.5 Å². The molecule has 7 N–H and O–H groups in total. The number of anilines is 3. The average Bonchev–Trinajstić information content (AvgIpc) is 2.41. The number of nitrogens with one attached hydrogen (secondary N) is 1. The molecule has 0 heterocycles. The maximum atomic E-state index is 11.5. The minimum absolute atomic E-state index is 0.157. The van der Waals surface area contributed by atoms with Gasteiger partial charge in [0.05, 0.1) is 16.3 Å². The fraction of sp³-hybridized carbons (Fsp3) is 0. The summed E-state index contributed by atoms with van der Waals surface area (Å²) in [6, 6.07) is 9.39. The molecule has 0 fully saturated rings. The van der Waals surface area contributed by atoms with Crippen LogP contribution in [0.2, 0.25) is 5.02 Å². The van der Waals surface area contributed by atoms with E-state index in [4.69, 9.17) is 28.8 Å². The quantitative estimate of drug-likeness (QED) is 0.643. The van der Waals surface area contributed by atoms with E-state index in [9.17, 15) is 9.59 Å². The first-order chi connectivity index (χ1) is 9.88. The zero-order chi connectivity index (χ0) is 15.6. The third-order valence-corrected chi connectivity index (χ3v) is 3.09. The third-order valence-electron chi connectivity index (χ3n) is 2.79. The first-order valence-electron chi connectivity index (χ1n) is 5.94. The molecule has 21 heavy (non-hydrogen) atoms. The van der Waals surface area contributed by atoms with Crippen LogP contribution in [-0.2, 0) is 0 Å². The van der Waals surface area contributed by atoms with Crippen LogP contribution in [0.25, 0.3) is 0 Å². The molecule has 0 atom stereocenters. The van der Waals surface area contributed by atoms with Gasteiger partial charge in [0.25, 0.3) is 5.91 Å². The molecule has 0 saturated carbocycles. The standard InChI is InChI=1S/C14H13ClN4O2/c15-11-6-8(16)5-10(14(18)21)12(11)19-9-3-1-2-7(4-9)13(17)20/h1-6,19H,16H2,(H2,17,20)(H2,18,21). The highest BCUT2D eigenvalue weighted by atomic mass is 35.5. The highest BCUT2D eigenvalue weighted by Crippen LogP contribution is 2.31. The SMILES string of the molecule is NC(=O)c1cccc(Nc2c(Cl)cc(N)cc2C(N)=O)c1. The number of halogens is 1. The number of hydrogen-bond donors (Lipinski definition) is 4. The molecular formula is C14H13ClN4O2. The number of benzene rings is 2. The van der Waals surface area contributed by atoms with Gasteiger partial charge in [0.1, 0.15) is 0 Å². The number of rotatable bonds is 4. The summed E-state index contributed by atoms with van der Waals surface area (Å²) in [5.74, 6) is -1.23. The highest BCUT2D eigenvalue weighted by Gasteiger charge is 2.14. The van der Waals surface area contributed by atoms with Crippen LogP contribution in [0.15, 0.2) is 36.4 Å². The van der Waals surface area contributed by atoms with Crippen molar-refractivity contribution in [3.8, 4) is 0 Å². The second-order valence-corrected chi connectivity index (χ2v) is 4.77. The fourth-order valence-electron chi connectivity index (χ4n) is 1.84. The van der Waals surface area contributed by atoms with Crippen molar-refractivity contribution in [2.24, 2.45) is 11.5 Å². The predicted molar refractivity (Wildman–Crippen MR) is 82.6 cm³/mol. The molecule has 0 saturated heterocycles. The van der Waals surface area contributed by atoms with Gasteiger partial charge in [-0.05, 0) is 30.3 Å². The van der Waals surface area contributed by atoms with Gasteiger partial charge in [-0.2, -0.15) is 0 Å². The molecule has 0 aliphatic rings. The number of nitrogen functional groups attached to an aromatic ring is 1. The summed E-state index contributed by atoms with van der Waals surface area (Å²) in [6.45, 7) is 0. The van der Waals surface area contributed by atoms with Crippen LogP contribution in [0, 0.1) is 0 Å². The zero-order valence-corrected chi connectivity index (χ0v) is 11.6. The Morgan fingerprint density at radius 1 is 1.05 bits per heavy atom. The van der Waals surface area contributed by atoms with Crippen molar-refractivity contribution in [2.75, 3.05) is 11.1 Å². The van der Waals surface area contributed by atoms with Gasteiger partial charge >= 0.3 is 0 Å². The Bertz CT molecular complexity index is 731. The van der Waals surface area contributed by atoms with Gasteiger partial charge < -0.3 is 22.5 Å². The Kier molecular flexibility index (Phi) is 4.00. The first-order valence-corrected chi connectivity index (χ1v) is 6.32. The molecule has 0 unspecified atom stereocenters. The van der Waals surface area contributed by atoms with Crippen LogP contribution in [0.4, 0.5) is 17.1 Å². The number of carbonyl (C=O) groups excluding carboxylic acids is 2. The second kappa shape index (κ2) is 5.72. The van der Waals surface area contributed by atoms with E-state index in [1.807, 2.05) is 0 Å². The van der Waals surface area contributed by atoms with Crippen LogP contribution >= 0.6 is 11.6 Å². The van der Waals surface area contributed by atoms with Crippen molar-refractivity contribution in [2.45, 2.75) is 0 Å². The van der Waals surface area contributed by atoms with E-state index in [-0.39, 0.29) is 10.6 Å². The molecule has 2 aromatic carbocycles. The molecule has 0 radical (unpaired) electrons. The van der Waals surface area contributed by atoms with E-state index < -0.39 is 11.8 Å². The number of hydrogen-bond acceptors (Lipinski definition) is 4. The smallest absolute Gasteiger partial charge is 0.250 e. The van der Waals surface area contributed by atoms with E-state index in [0.717, 1.165) is 0 Å². The van der Waals surface area contributed by atoms with Crippen LogP contribution in [0.5, 0.6) is 0 Å². The largest absolute Gasteiger partial charge is 0.399 e. The second-order valence-electron chi connectivity index (χ2n) is 4.36. The average molecular weight is 305 g/mol. The fourth-order valence-corrected chi connectivity index (χ4v) is 2.12. The van der Waals surface area contributed by atoms with Gasteiger partial charge in [-0.1, -0.05) is 17.7 Å². The predicted octanol–water partition coefficient (Wildman–Crippen LogP) is 1.86. The Hall–Kier alpha value is -2.73. The number of primary amides is 2. The van der Waals surface area contributed by atoms with E-state index in [0.29, 0.717) is 22.6 Å². The van der Waals surface area contributed by atoms with Gasteiger partial charge in [0, 0.05) is 16.9 Å². The lowest BCUT2D eigenvalue weighted by Gasteiger charge is -2.13. The van der Waals surface area contributed by atoms with Crippen molar-refractivity contribution in [3.63, 3.8) is 0 Å². The lowest BCUT2D eigenvalue weighted by Crippen LogP contribution is -2.14. The Labute approximate surface area is 125 Å². The van der Waals surface area contributed by atoms with Crippen LogP contribution < -0.4 is 22.5 Å². The first kappa shape index (κ1) is 14.7. The molecule has 0 aromatic heterocycles. The topological polar surface area (TPSA) is 124 Å².